The highest BCUT2D eigenvalue weighted by atomic mass is 16.5. The molecule has 2 fully saturated rings. The third kappa shape index (κ3) is 5.12. The smallest absolute Gasteiger partial charge is 0.258 e. The van der Waals surface area contributed by atoms with Gasteiger partial charge in [-0.25, -0.2) is 0 Å². The fraction of sp³-hybridized carbons (Fsp3) is 0.333. The Morgan fingerprint density at radius 2 is 1.51 bits per heavy atom. The molecule has 4 heterocycles. The van der Waals surface area contributed by atoms with Crippen LogP contribution in [0.15, 0.2) is 58.5 Å². The van der Waals surface area contributed by atoms with Crippen LogP contribution in [0.1, 0.15) is 50.2 Å². The van der Waals surface area contributed by atoms with Gasteiger partial charge in [-0.2, -0.15) is 0 Å². The highest BCUT2D eigenvalue weighted by Gasteiger charge is 2.34. The standard InChI is InChI=1S/C33H32N4O6/c1-20-9-25-27(34-14-23-7-4-8-36(23)32(25)38)12-29(20)42-16-21-5-3-6-22(10-21)17-43-31-13-28-26(11-30(31)40-2)33(39)37-19-41-18-24(37)15-35-28/h3,5-6,9-15,23-24H,4,7-8,16-19H2,1-2H3/t23-,24+/m0/s1. The van der Waals surface area contributed by atoms with Gasteiger partial charge in [0, 0.05) is 31.1 Å². The van der Waals surface area contributed by atoms with Gasteiger partial charge in [0.1, 0.15) is 25.7 Å². The first-order valence-corrected chi connectivity index (χ1v) is 14.5. The largest absolute Gasteiger partial charge is 0.493 e. The minimum Gasteiger partial charge on any atom is -0.493 e. The highest BCUT2D eigenvalue weighted by molar-refractivity contribution is 6.04. The van der Waals surface area contributed by atoms with Crippen molar-refractivity contribution in [2.45, 2.75) is 45.1 Å². The number of carbonyl (C=O) groups excluding carboxylic acids is 2. The lowest BCUT2D eigenvalue weighted by molar-refractivity contribution is 0.0683. The molecule has 3 aromatic rings. The molecular formula is C33H32N4O6. The highest BCUT2D eigenvalue weighted by Crippen LogP contribution is 2.38. The van der Waals surface area contributed by atoms with Crippen LogP contribution in [0.25, 0.3) is 0 Å². The Labute approximate surface area is 249 Å². The third-order valence-corrected chi connectivity index (χ3v) is 8.33. The molecule has 4 aliphatic rings. The zero-order valence-electron chi connectivity index (χ0n) is 24.1. The summed E-state index contributed by atoms with van der Waals surface area (Å²) in [5.74, 6) is 1.56. The van der Waals surface area contributed by atoms with E-state index in [-0.39, 0.29) is 37.2 Å². The number of hydrogen-bond acceptors (Lipinski definition) is 8. The number of benzene rings is 3. The monoisotopic (exact) mass is 580 g/mol. The van der Waals surface area contributed by atoms with Crippen molar-refractivity contribution in [3.63, 3.8) is 0 Å². The third-order valence-electron chi connectivity index (χ3n) is 8.33. The van der Waals surface area contributed by atoms with Crippen LogP contribution in [0.4, 0.5) is 11.4 Å². The number of hydrogen-bond donors (Lipinski definition) is 0. The summed E-state index contributed by atoms with van der Waals surface area (Å²) < 4.78 is 23.4. The van der Waals surface area contributed by atoms with E-state index in [4.69, 9.17) is 18.9 Å². The quantitative estimate of drug-likeness (QED) is 0.390. The van der Waals surface area contributed by atoms with Crippen LogP contribution in [0.2, 0.25) is 0 Å². The molecule has 0 aliphatic carbocycles. The van der Waals surface area contributed by atoms with Gasteiger partial charge in [-0.3, -0.25) is 19.6 Å². The van der Waals surface area contributed by atoms with Gasteiger partial charge in [-0.1, -0.05) is 18.2 Å². The number of methoxy groups -OCH3 is 1. The molecule has 0 bridgehead atoms. The van der Waals surface area contributed by atoms with Gasteiger partial charge in [0.05, 0.1) is 48.3 Å². The van der Waals surface area contributed by atoms with E-state index in [0.717, 1.165) is 36.1 Å². The molecule has 0 spiro atoms. The lowest BCUT2D eigenvalue weighted by Crippen LogP contribution is -2.36. The first-order valence-electron chi connectivity index (χ1n) is 14.5. The first kappa shape index (κ1) is 27.2. The normalized spacial score (nSPS) is 20.2. The Morgan fingerprint density at radius 3 is 2.28 bits per heavy atom. The zero-order valence-corrected chi connectivity index (χ0v) is 24.1. The number of aryl methyl sites for hydroxylation is 1. The molecule has 2 amide bonds. The molecule has 220 valence electrons. The predicted molar refractivity (Wildman–Crippen MR) is 160 cm³/mol. The van der Waals surface area contributed by atoms with Gasteiger partial charge in [0.2, 0.25) is 0 Å². The fourth-order valence-corrected chi connectivity index (χ4v) is 5.97. The van der Waals surface area contributed by atoms with Crippen molar-refractivity contribution in [3.05, 3.63) is 76.3 Å². The van der Waals surface area contributed by atoms with Gasteiger partial charge in [0.25, 0.3) is 11.8 Å². The van der Waals surface area contributed by atoms with E-state index in [1.165, 1.54) is 0 Å². The van der Waals surface area contributed by atoms with E-state index in [1.807, 2.05) is 54.4 Å². The number of rotatable bonds is 7. The Hall–Kier alpha value is -4.70. The van der Waals surface area contributed by atoms with E-state index < -0.39 is 0 Å². The van der Waals surface area contributed by atoms with Crippen molar-refractivity contribution in [2.24, 2.45) is 9.98 Å². The summed E-state index contributed by atoms with van der Waals surface area (Å²) in [4.78, 5) is 38.9. The van der Waals surface area contributed by atoms with Crippen molar-refractivity contribution in [1.29, 1.82) is 0 Å². The summed E-state index contributed by atoms with van der Waals surface area (Å²) in [7, 11) is 1.55. The Kier molecular flexibility index (Phi) is 7.06. The predicted octanol–water partition coefficient (Wildman–Crippen LogP) is 5.00. The second-order valence-electron chi connectivity index (χ2n) is 11.2. The van der Waals surface area contributed by atoms with Gasteiger partial charge in [0.15, 0.2) is 11.5 Å². The maximum atomic E-state index is 13.1. The Morgan fingerprint density at radius 1 is 0.837 bits per heavy atom. The molecule has 10 heteroatoms. The molecular weight excluding hydrogens is 548 g/mol. The summed E-state index contributed by atoms with van der Waals surface area (Å²) in [5.41, 5.74) is 5.09. The van der Waals surface area contributed by atoms with Crippen LogP contribution in [-0.4, -0.2) is 73.1 Å². The fourth-order valence-electron chi connectivity index (χ4n) is 5.97. The van der Waals surface area contributed by atoms with Crippen LogP contribution < -0.4 is 14.2 Å². The van der Waals surface area contributed by atoms with Gasteiger partial charge in [-0.15, -0.1) is 0 Å². The van der Waals surface area contributed by atoms with Crippen molar-refractivity contribution >= 4 is 35.6 Å². The minimum atomic E-state index is -0.178. The van der Waals surface area contributed by atoms with E-state index in [2.05, 4.69) is 9.98 Å². The average Bonchev–Trinajstić information content (AvgIpc) is 3.65. The van der Waals surface area contributed by atoms with Crippen molar-refractivity contribution in [1.82, 2.24) is 9.80 Å². The maximum Gasteiger partial charge on any atom is 0.258 e. The molecule has 2 saturated heterocycles. The second-order valence-corrected chi connectivity index (χ2v) is 11.2. The van der Waals surface area contributed by atoms with Crippen molar-refractivity contribution < 1.29 is 28.5 Å². The van der Waals surface area contributed by atoms with Gasteiger partial charge in [-0.05, 0) is 54.7 Å². The topological polar surface area (TPSA) is 102 Å². The van der Waals surface area contributed by atoms with Gasteiger partial charge < -0.3 is 28.7 Å². The number of carbonyl (C=O) groups is 2. The Balaban J connectivity index is 1.05. The summed E-state index contributed by atoms with van der Waals surface area (Å²) in [6, 6.07) is 15.0. The maximum absolute atomic E-state index is 13.1. The molecule has 7 rings (SSSR count). The molecule has 0 radical (unpaired) electrons. The lowest BCUT2D eigenvalue weighted by atomic mass is 10.1. The molecule has 3 aromatic carbocycles. The Bertz CT molecular complexity index is 1670. The molecule has 2 atom stereocenters. The molecule has 10 nitrogen and oxygen atoms in total. The number of ether oxygens (including phenoxy) is 4. The first-order chi connectivity index (χ1) is 21.0. The van der Waals surface area contributed by atoms with Crippen LogP contribution in [-0.2, 0) is 18.0 Å². The molecule has 0 saturated carbocycles. The van der Waals surface area contributed by atoms with E-state index in [9.17, 15) is 9.59 Å². The molecule has 0 N–H and O–H groups in total. The minimum absolute atomic E-state index is 0.0387. The zero-order chi connectivity index (χ0) is 29.5. The van der Waals surface area contributed by atoms with Crippen molar-refractivity contribution in [2.75, 3.05) is 27.0 Å². The lowest BCUT2D eigenvalue weighted by Gasteiger charge is -2.20. The summed E-state index contributed by atoms with van der Waals surface area (Å²) in [5, 5.41) is 0. The summed E-state index contributed by atoms with van der Waals surface area (Å²) in [6.07, 6.45) is 5.59. The molecule has 0 aromatic heterocycles. The molecule has 43 heavy (non-hydrogen) atoms. The van der Waals surface area contributed by atoms with Crippen LogP contribution in [0.3, 0.4) is 0 Å². The van der Waals surface area contributed by atoms with Gasteiger partial charge >= 0.3 is 0 Å². The molecule has 0 unspecified atom stereocenters. The molecule has 4 aliphatic heterocycles. The van der Waals surface area contributed by atoms with E-state index >= 15 is 0 Å². The number of amides is 2. The second kappa shape index (κ2) is 11.2. The SMILES string of the molecule is COc1cc2c(cc1OCc1cccc(COc3cc4c(cc3C)C(=O)N3CCC[C@H]3C=N4)c1)N=C[C@@H]1COCN1C2=O. The van der Waals surface area contributed by atoms with Crippen LogP contribution >= 0.6 is 0 Å². The number of aliphatic imine (C=N–C) groups is 2. The van der Waals surface area contributed by atoms with E-state index in [1.54, 1.807) is 30.4 Å². The average molecular weight is 581 g/mol. The summed E-state index contributed by atoms with van der Waals surface area (Å²) in [6.45, 7) is 4.04. The van der Waals surface area contributed by atoms with Crippen LogP contribution in [0, 0.1) is 6.92 Å². The number of fused-ring (bicyclic) bond motifs is 4. The van der Waals surface area contributed by atoms with Crippen LogP contribution in [0.5, 0.6) is 17.2 Å². The van der Waals surface area contributed by atoms with E-state index in [0.29, 0.717) is 53.0 Å². The number of nitrogens with zero attached hydrogens (tertiary/aromatic N) is 4. The van der Waals surface area contributed by atoms with Crippen molar-refractivity contribution in [3.8, 4) is 17.2 Å². The summed E-state index contributed by atoms with van der Waals surface area (Å²) >= 11 is 0.